The van der Waals surface area contributed by atoms with Gasteiger partial charge in [-0.1, -0.05) is 30.3 Å². The van der Waals surface area contributed by atoms with E-state index in [0.29, 0.717) is 21.0 Å². The second-order valence-corrected chi connectivity index (χ2v) is 6.34. The van der Waals surface area contributed by atoms with Crippen molar-refractivity contribution in [2.45, 2.75) is 0 Å². The van der Waals surface area contributed by atoms with Gasteiger partial charge in [-0.15, -0.1) is 11.3 Å². The fourth-order valence-corrected chi connectivity index (χ4v) is 3.55. The maximum absolute atomic E-state index is 12.2. The van der Waals surface area contributed by atoms with Crippen molar-refractivity contribution in [2.75, 3.05) is 5.32 Å². The molecule has 0 aliphatic carbocycles. The number of H-pyrrole nitrogens is 1. The quantitative estimate of drug-likeness (QED) is 0.641. The van der Waals surface area contributed by atoms with Gasteiger partial charge in [-0.05, 0) is 12.1 Å². The van der Waals surface area contributed by atoms with Gasteiger partial charge in [0.1, 0.15) is 5.00 Å². The lowest BCUT2D eigenvalue weighted by Crippen LogP contribution is -2.09. The van der Waals surface area contributed by atoms with E-state index >= 15 is 0 Å². The maximum Gasteiger partial charge on any atom is 0.258 e. The van der Waals surface area contributed by atoms with Crippen molar-refractivity contribution >= 4 is 39.8 Å². The molecule has 1 aliphatic heterocycles. The Balaban J connectivity index is 1.80. The molecule has 0 saturated heterocycles. The number of nitrogens with two attached hydrogens (primary N) is 1. The van der Waals surface area contributed by atoms with Crippen LogP contribution < -0.4 is 11.1 Å². The van der Waals surface area contributed by atoms with Crippen LogP contribution in [0.2, 0.25) is 0 Å². The summed E-state index contributed by atoms with van der Waals surface area (Å²) in [6.07, 6.45) is 3.51. The van der Waals surface area contributed by atoms with Crippen LogP contribution in [0, 0.1) is 0 Å². The van der Waals surface area contributed by atoms with Crippen LogP contribution >= 0.6 is 11.3 Å². The van der Waals surface area contributed by atoms with Crippen LogP contribution in [-0.4, -0.2) is 22.0 Å². The van der Waals surface area contributed by atoms with E-state index in [0.717, 1.165) is 16.8 Å². The number of anilines is 1. The molecule has 0 radical (unpaired) electrons. The van der Waals surface area contributed by atoms with Crippen molar-refractivity contribution in [1.82, 2.24) is 10.2 Å². The molecule has 0 fully saturated rings. The molecule has 7 heteroatoms. The van der Waals surface area contributed by atoms with Gasteiger partial charge in [0.05, 0.1) is 16.1 Å². The Hall–Kier alpha value is -3.19. The highest BCUT2D eigenvalue weighted by atomic mass is 32.1. The number of primary amides is 1. The molecule has 2 aromatic heterocycles. The van der Waals surface area contributed by atoms with E-state index < -0.39 is 5.91 Å². The van der Waals surface area contributed by atoms with E-state index in [2.05, 4.69) is 15.5 Å². The molecule has 118 valence electrons. The van der Waals surface area contributed by atoms with E-state index in [4.69, 9.17) is 5.73 Å². The number of nitrogens with zero attached hydrogens (tertiary/aromatic N) is 1. The molecule has 4 rings (SSSR count). The van der Waals surface area contributed by atoms with E-state index in [1.165, 1.54) is 11.3 Å². The number of nitrogens with one attached hydrogen (secondary N) is 2. The Morgan fingerprint density at radius 3 is 2.79 bits per heavy atom. The lowest BCUT2D eigenvalue weighted by Gasteiger charge is -2.00. The van der Waals surface area contributed by atoms with Gasteiger partial charge in [0, 0.05) is 22.9 Å². The second-order valence-electron chi connectivity index (χ2n) is 5.29. The van der Waals surface area contributed by atoms with Crippen molar-refractivity contribution in [1.29, 1.82) is 0 Å². The minimum Gasteiger partial charge on any atom is -0.365 e. The molecule has 0 saturated carbocycles. The van der Waals surface area contributed by atoms with Crippen LogP contribution in [0.4, 0.5) is 5.00 Å². The summed E-state index contributed by atoms with van der Waals surface area (Å²) >= 11 is 1.18. The minimum atomic E-state index is -0.503. The minimum absolute atomic E-state index is 0.201. The van der Waals surface area contributed by atoms with Crippen LogP contribution in [0.3, 0.4) is 0 Å². The van der Waals surface area contributed by atoms with Gasteiger partial charge in [-0.3, -0.25) is 14.7 Å². The van der Waals surface area contributed by atoms with Crippen LogP contribution in [0.25, 0.3) is 22.9 Å². The SMILES string of the molecule is NC(=O)c1cc2c(s1)NC(=O)C2=Cc1c[nH]nc1-c1ccccc1. The topological polar surface area (TPSA) is 101 Å². The van der Waals surface area contributed by atoms with Gasteiger partial charge in [0.25, 0.3) is 11.8 Å². The van der Waals surface area contributed by atoms with Crippen molar-refractivity contribution in [3.05, 3.63) is 58.6 Å². The molecule has 0 atom stereocenters. The Labute approximate surface area is 141 Å². The normalized spacial score (nSPS) is 14.7. The van der Waals surface area contributed by atoms with E-state index in [9.17, 15) is 9.59 Å². The Bertz CT molecular complexity index is 985. The van der Waals surface area contributed by atoms with Crippen LogP contribution in [0.15, 0.2) is 42.6 Å². The number of carbonyl (C=O) groups is 2. The van der Waals surface area contributed by atoms with Crippen LogP contribution in [0.1, 0.15) is 20.8 Å². The average molecular weight is 336 g/mol. The molecular weight excluding hydrogens is 324 g/mol. The van der Waals surface area contributed by atoms with E-state index in [1.54, 1.807) is 18.3 Å². The Morgan fingerprint density at radius 1 is 1.25 bits per heavy atom. The predicted octanol–water partition coefficient (Wildman–Crippen LogP) is 2.73. The molecule has 1 aliphatic rings. The Morgan fingerprint density at radius 2 is 2.04 bits per heavy atom. The van der Waals surface area contributed by atoms with Crippen molar-refractivity contribution in [3.8, 4) is 11.3 Å². The summed E-state index contributed by atoms with van der Waals surface area (Å²) in [7, 11) is 0. The van der Waals surface area contributed by atoms with E-state index in [1.807, 2.05) is 30.3 Å². The molecular formula is C17H12N4O2S. The fraction of sp³-hybridized carbons (Fsp3) is 0. The molecule has 3 heterocycles. The molecule has 0 unspecified atom stereocenters. The third kappa shape index (κ3) is 2.31. The number of carbonyl (C=O) groups excluding carboxylic acids is 2. The van der Waals surface area contributed by atoms with Crippen molar-refractivity contribution < 1.29 is 9.59 Å². The Kier molecular flexibility index (Phi) is 3.28. The predicted molar refractivity (Wildman–Crippen MR) is 93.4 cm³/mol. The number of rotatable bonds is 3. The molecule has 1 aromatic carbocycles. The zero-order valence-corrected chi connectivity index (χ0v) is 13.2. The van der Waals surface area contributed by atoms with Crippen molar-refractivity contribution in [2.24, 2.45) is 5.73 Å². The average Bonchev–Trinajstić information content (AvgIpc) is 3.25. The molecule has 3 aromatic rings. The van der Waals surface area contributed by atoms with Crippen molar-refractivity contribution in [3.63, 3.8) is 0 Å². The van der Waals surface area contributed by atoms with Gasteiger partial charge < -0.3 is 11.1 Å². The largest absolute Gasteiger partial charge is 0.365 e. The number of fused-ring (bicyclic) bond motifs is 1. The second kappa shape index (κ2) is 5.47. The summed E-state index contributed by atoms with van der Waals surface area (Å²) in [4.78, 5) is 24.0. The first-order valence-corrected chi connectivity index (χ1v) is 8.01. The molecule has 4 N–H and O–H groups in total. The summed E-state index contributed by atoms with van der Waals surface area (Å²) < 4.78 is 0. The smallest absolute Gasteiger partial charge is 0.258 e. The summed E-state index contributed by atoms with van der Waals surface area (Å²) in [6.45, 7) is 0. The standard InChI is InChI=1S/C17H12N4O2S/c18-15(22)13-7-12-11(16(23)20-17(12)24-13)6-10-8-19-21-14(10)9-4-2-1-3-5-9/h1-8H,(H2,18,22)(H,19,21)(H,20,23). The third-order valence-corrected chi connectivity index (χ3v) is 4.82. The highest BCUT2D eigenvalue weighted by Gasteiger charge is 2.28. The number of thiophene rings is 1. The van der Waals surface area contributed by atoms with Crippen LogP contribution in [0.5, 0.6) is 0 Å². The first kappa shape index (κ1) is 14.4. The maximum atomic E-state index is 12.2. The highest BCUT2D eigenvalue weighted by molar-refractivity contribution is 7.18. The monoisotopic (exact) mass is 336 g/mol. The first-order chi connectivity index (χ1) is 11.6. The number of hydrogen-bond acceptors (Lipinski definition) is 4. The zero-order valence-electron chi connectivity index (χ0n) is 12.4. The molecule has 0 bridgehead atoms. The molecule has 0 spiro atoms. The van der Waals surface area contributed by atoms with Gasteiger partial charge in [0.15, 0.2) is 0 Å². The number of aromatic amines is 1. The number of hydrogen-bond donors (Lipinski definition) is 3. The summed E-state index contributed by atoms with van der Waals surface area (Å²) in [6, 6.07) is 11.3. The zero-order chi connectivity index (χ0) is 16.7. The number of amides is 2. The van der Waals surface area contributed by atoms with Gasteiger partial charge in [-0.25, -0.2) is 0 Å². The third-order valence-electron chi connectivity index (χ3n) is 3.75. The van der Waals surface area contributed by atoms with Gasteiger partial charge in [-0.2, -0.15) is 5.10 Å². The first-order valence-electron chi connectivity index (χ1n) is 7.20. The molecule has 2 amide bonds. The number of benzene rings is 1. The molecule has 6 nitrogen and oxygen atoms in total. The summed E-state index contributed by atoms with van der Waals surface area (Å²) in [5.74, 6) is -0.705. The van der Waals surface area contributed by atoms with Gasteiger partial charge >= 0.3 is 0 Å². The highest BCUT2D eigenvalue weighted by Crippen LogP contribution is 2.40. The number of aromatic nitrogens is 2. The van der Waals surface area contributed by atoms with Gasteiger partial charge in [0.2, 0.25) is 0 Å². The lowest BCUT2D eigenvalue weighted by atomic mass is 10.0. The summed E-state index contributed by atoms with van der Waals surface area (Å²) in [5, 5.41) is 10.5. The lowest BCUT2D eigenvalue weighted by molar-refractivity contribution is -0.110. The fourth-order valence-electron chi connectivity index (χ4n) is 2.63. The summed E-state index contributed by atoms with van der Waals surface area (Å²) in [5.41, 5.74) is 9.01. The van der Waals surface area contributed by atoms with E-state index in [-0.39, 0.29) is 5.91 Å². The molecule has 24 heavy (non-hydrogen) atoms. The van der Waals surface area contributed by atoms with Crippen LogP contribution in [-0.2, 0) is 4.79 Å².